The Bertz CT molecular complexity index is 744. The van der Waals surface area contributed by atoms with Crippen LogP contribution in [0.5, 0.6) is 11.5 Å². The van der Waals surface area contributed by atoms with Gasteiger partial charge in [-0.05, 0) is 48.6 Å². The van der Waals surface area contributed by atoms with Crippen molar-refractivity contribution >= 4 is 5.91 Å². The third-order valence-corrected chi connectivity index (χ3v) is 4.70. The summed E-state index contributed by atoms with van der Waals surface area (Å²) in [6.07, 6.45) is 5.40. The summed E-state index contributed by atoms with van der Waals surface area (Å²) in [5, 5.41) is 3.18. The summed E-state index contributed by atoms with van der Waals surface area (Å²) in [5.41, 5.74) is 1.58. The first-order valence-electron chi connectivity index (χ1n) is 8.49. The molecular formula is C19H20N2O4. The first-order chi connectivity index (χ1) is 12.3. The number of benzene rings is 1. The summed E-state index contributed by atoms with van der Waals surface area (Å²) in [6, 6.07) is 9.07. The Balaban J connectivity index is 1.56. The number of nitrogens with zero attached hydrogens (tertiary/aromatic N) is 1. The fourth-order valence-corrected chi connectivity index (χ4v) is 3.34. The average Bonchev–Trinajstić information content (AvgIpc) is 3.15. The normalized spacial score (nSPS) is 17.9. The molecule has 1 aromatic heterocycles. The minimum Gasteiger partial charge on any atom is -0.454 e. The van der Waals surface area contributed by atoms with Gasteiger partial charge in [0.25, 0.3) is 5.91 Å². The minimum atomic E-state index is -0.126. The van der Waals surface area contributed by atoms with Crippen LogP contribution in [-0.4, -0.2) is 30.9 Å². The van der Waals surface area contributed by atoms with Crippen LogP contribution in [0.1, 0.15) is 34.8 Å². The molecule has 1 fully saturated rings. The second-order valence-electron chi connectivity index (χ2n) is 6.26. The van der Waals surface area contributed by atoms with Crippen molar-refractivity contribution in [2.75, 3.05) is 20.0 Å². The van der Waals surface area contributed by atoms with Crippen LogP contribution in [0.2, 0.25) is 0 Å². The van der Waals surface area contributed by atoms with E-state index in [9.17, 15) is 4.79 Å². The van der Waals surface area contributed by atoms with Crippen LogP contribution in [0.3, 0.4) is 0 Å². The highest BCUT2D eigenvalue weighted by Gasteiger charge is 2.28. The summed E-state index contributed by atoms with van der Waals surface area (Å²) >= 11 is 0. The van der Waals surface area contributed by atoms with E-state index in [1.807, 2.05) is 18.3 Å². The first kappa shape index (κ1) is 15.9. The van der Waals surface area contributed by atoms with Crippen LogP contribution in [0, 0.1) is 5.92 Å². The molecule has 130 valence electrons. The molecule has 0 spiro atoms. The van der Waals surface area contributed by atoms with Crippen LogP contribution in [0.25, 0.3) is 0 Å². The van der Waals surface area contributed by atoms with E-state index in [1.54, 1.807) is 24.4 Å². The Morgan fingerprint density at radius 2 is 2.00 bits per heavy atom. The average molecular weight is 340 g/mol. The van der Waals surface area contributed by atoms with E-state index in [0.717, 1.165) is 31.6 Å². The summed E-state index contributed by atoms with van der Waals surface area (Å²) < 4.78 is 16.1. The van der Waals surface area contributed by atoms with Crippen LogP contribution in [-0.2, 0) is 4.74 Å². The lowest BCUT2D eigenvalue weighted by molar-refractivity contribution is 0.0513. The molecule has 1 aromatic carbocycles. The zero-order valence-corrected chi connectivity index (χ0v) is 13.8. The molecule has 0 unspecified atom stereocenters. The summed E-state index contributed by atoms with van der Waals surface area (Å²) in [7, 11) is 0. The maximum atomic E-state index is 12.8. The Morgan fingerprint density at radius 3 is 2.80 bits per heavy atom. The van der Waals surface area contributed by atoms with E-state index in [0.29, 0.717) is 23.0 Å². The van der Waals surface area contributed by atoms with Gasteiger partial charge >= 0.3 is 0 Å². The van der Waals surface area contributed by atoms with Gasteiger partial charge in [-0.15, -0.1) is 0 Å². The van der Waals surface area contributed by atoms with Gasteiger partial charge in [0.2, 0.25) is 6.79 Å². The number of carbonyl (C=O) groups is 1. The van der Waals surface area contributed by atoms with Gasteiger partial charge < -0.3 is 19.5 Å². The Kier molecular flexibility index (Phi) is 4.52. The van der Waals surface area contributed by atoms with E-state index in [4.69, 9.17) is 14.2 Å². The lowest BCUT2D eigenvalue weighted by Crippen LogP contribution is -2.36. The molecule has 0 aliphatic carbocycles. The Labute approximate surface area is 146 Å². The Morgan fingerprint density at radius 1 is 1.16 bits per heavy atom. The molecule has 0 radical (unpaired) electrons. The third kappa shape index (κ3) is 3.44. The van der Waals surface area contributed by atoms with Crippen LogP contribution in [0.15, 0.2) is 42.7 Å². The number of aromatic nitrogens is 1. The first-order valence-corrected chi connectivity index (χ1v) is 8.49. The molecule has 1 amide bonds. The number of ether oxygens (including phenoxy) is 3. The third-order valence-electron chi connectivity index (χ3n) is 4.70. The van der Waals surface area contributed by atoms with Crippen molar-refractivity contribution in [2.24, 2.45) is 5.92 Å². The molecule has 1 atom stereocenters. The molecule has 2 aromatic rings. The van der Waals surface area contributed by atoms with Crippen molar-refractivity contribution in [3.63, 3.8) is 0 Å². The van der Waals surface area contributed by atoms with Gasteiger partial charge in [0.15, 0.2) is 11.5 Å². The number of fused-ring (bicyclic) bond motifs is 1. The minimum absolute atomic E-state index is 0.0875. The number of hydrogen-bond donors (Lipinski definition) is 1. The fourth-order valence-electron chi connectivity index (χ4n) is 3.34. The predicted molar refractivity (Wildman–Crippen MR) is 90.6 cm³/mol. The quantitative estimate of drug-likeness (QED) is 0.927. The number of amides is 1. The lowest BCUT2D eigenvalue weighted by atomic mass is 9.87. The zero-order valence-electron chi connectivity index (χ0n) is 13.8. The molecule has 4 rings (SSSR count). The molecule has 3 heterocycles. The number of hydrogen-bond acceptors (Lipinski definition) is 5. The number of rotatable bonds is 4. The number of pyridine rings is 1. The molecule has 0 saturated carbocycles. The van der Waals surface area contributed by atoms with E-state index < -0.39 is 0 Å². The van der Waals surface area contributed by atoms with Gasteiger partial charge in [0, 0.05) is 31.2 Å². The molecule has 2 aliphatic rings. The van der Waals surface area contributed by atoms with Crippen molar-refractivity contribution < 1.29 is 19.0 Å². The van der Waals surface area contributed by atoms with Crippen molar-refractivity contribution in [3.05, 3.63) is 53.9 Å². The fraction of sp³-hybridized carbons (Fsp3) is 0.368. The van der Waals surface area contributed by atoms with E-state index >= 15 is 0 Å². The number of carbonyl (C=O) groups excluding carboxylic acids is 1. The van der Waals surface area contributed by atoms with E-state index in [-0.39, 0.29) is 18.7 Å². The van der Waals surface area contributed by atoms with Crippen LogP contribution in [0.4, 0.5) is 0 Å². The highest BCUT2D eigenvalue weighted by atomic mass is 16.7. The van der Waals surface area contributed by atoms with Gasteiger partial charge in [0.05, 0.1) is 6.04 Å². The molecule has 25 heavy (non-hydrogen) atoms. The molecule has 6 nitrogen and oxygen atoms in total. The van der Waals surface area contributed by atoms with Crippen molar-refractivity contribution in [1.82, 2.24) is 10.3 Å². The Hall–Kier alpha value is -2.60. The molecular weight excluding hydrogens is 320 g/mol. The second-order valence-corrected chi connectivity index (χ2v) is 6.26. The van der Waals surface area contributed by atoms with Crippen molar-refractivity contribution in [2.45, 2.75) is 18.9 Å². The van der Waals surface area contributed by atoms with Gasteiger partial charge in [-0.2, -0.15) is 0 Å². The molecule has 1 saturated heterocycles. The summed E-state index contributed by atoms with van der Waals surface area (Å²) in [6.45, 7) is 1.64. The monoisotopic (exact) mass is 340 g/mol. The molecule has 0 bridgehead atoms. The predicted octanol–water partition coefficient (Wildman–Crippen LogP) is 2.71. The van der Waals surface area contributed by atoms with Crippen molar-refractivity contribution in [1.29, 1.82) is 0 Å². The largest absolute Gasteiger partial charge is 0.454 e. The van der Waals surface area contributed by atoms with E-state index in [1.165, 1.54) is 0 Å². The van der Waals surface area contributed by atoms with E-state index in [2.05, 4.69) is 10.3 Å². The van der Waals surface area contributed by atoms with Gasteiger partial charge in [0.1, 0.15) is 0 Å². The maximum Gasteiger partial charge on any atom is 0.251 e. The van der Waals surface area contributed by atoms with Crippen LogP contribution >= 0.6 is 0 Å². The summed E-state index contributed by atoms with van der Waals surface area (Å²) in [4.78, 5) is 17.0. The maximum absolute atomic E-state index is 12.8. The van der Waals surface area contributed by atoms with Gasteiger partial charge in [-0.25, -0.2) is 0 Å². The standard InChI is InChI=1S/C19H20N2O4/c22-19(14-3-4-16-17(10-14)25-12-24-16)21-18(13-5-8-23-9-6-13)15-2-1-7-20-11-15/h1-4,7,10-11,13,18H,5-6,8-9,12H2,(H,21,22)/t18-/m0/s1. The molecule has 6 heteroatoms. The highest BCUT2D eigenvalue weighted by Crippen LogP contribution is 2.33. The molecule has 1 N–H and O–H groups in total. The smallest absolute Gasteiger partial charge is 0.251 e. The molecule has 2 aliphatic heterocycles. The summed E-state index contributed by atoms with van der Waals surface area (Å²) in [5.74, 6) is 1.48. The zero-order chi connectivity index (χ0) is 17.1. The van der Waals surface area contributed by atoms with Crippen molar-refractivity contribution in [3.8, 4) is 11.5 Å². The highest BCUT2D eigenvalue weighted by molar-refractivity contribution is 5.95. The van der Waals surface area contributed by atoms with Gasteiger partial charge in [-0.3, -0.25) is 9.78 Å². The lowest BCUT2D eigenvalue weighted by Gasteiger charge is -2.31. The number of nitrogens with one attached hydrogen (secondary N) is 1. The van der Waals surface area contributed by atoms with Gasteiger partial charge in [-0.1, -0.05) is 6.07 Å². The topological polar surface area (TPSA) is 69.7 Å². The SMILES string of the molecule is O=C(N[C@H](c1cccnc1)C1CCOCC1)c1ccc2c(c1)OCO2. The van der Waals surface area contributed by atoms with Crippen LogP contribution < -0.4 is 14.8 Å². The second kappa shape index (κ2) is 7.11.